The predicted octanol–water partition coefficient (Wildman–Crippen LogP) is 0.687. The molecule has 3 atom stereocenters. The van der Waals surface area contributed by atoms with Crippen LogP contribution < -0.4 is 5.32 Å². The summed E-state index contributed by atoms with van der Waals surface area (Å²) in [6, 6.07) is 0.521. The van der Waals surface area contributed by atoms with Crippen LogP contribution in [0.5, 0.6) is 0 Å². The maximum absolute atomic E-state index is 9.18. The Hall–Kier alpha value is -0.120. The van der Waals surface area contributed by atoms with Gasteiger partial charge in [-0.05, 0) is 46.2 Å². The van der Waals surface area contributed by atoms with E-state index in [4.69, 9.17) is 0 Å². The van der Waals surface area contributed by atoms with Gasteiger partial charge in [0.05, 0.1) is 6.10 Å². The first-order valence-corrected chi connectivity index (χ1v) is 5.69. The third kappa shape index (κ3) is 3.95. The Bertz CT molecular complexity index is 161. The zero-order valence-electron chi connectivity index (χ0n) is 9.66. The summed E-state index contributed by atoms with van der Waals surface area (Å²) < 4.78 is 0. The molecule has 0 aliphatic carbocycles. The van der Waals surface area contributed by atoms with Crippen LogP contribution >= 0.6 is 0 Å². The SMILES string of the molecule is CC(O)CNC(C)C1CCCN(C)C1. The molecule has 0 radical (unpaired) electrons. The number of hydrogen-bond donors (Lipinski definition) is 2. The summed E-state index contributed by atoms with van der Waals surface area (Å²) in [4.78, 5) is 2.40. The van der Waals surface area contributed by atoms with Gasteiger partial charge in [-0.25, -0.2) is 0 Å². The molecule has 1 fully saturated rings. The lowest BCUT2D eigenvalue weighted by molar-refractivity contribution is 0.154. The summed E-state index contributed by atoms with van der Waals surface area (Å²) >= 11 is 0. The minimum atomic E-state index is -0.237. The van der Waals surface area contributed by atoms with Crippen molar-refractivity contribution in [2.75, 3.05) is 26.7 Å². The number of nitrogens with one attached hydrogen (secondary N) is 1. The van der Waals surface area contributed by atoms with Crippen LogP contribution in [0, 0.1) is 5.92 Å². The first kappa shape index (κ1) is 12.0. The first-order valence-electron chi connectivity index (χ1n) is 5.69. The molecule has 84 valence electrons. The number of rotatable bonds is 4. The largest absolute Gasteiger partial charge is 0.392 e. The van der Waals surface area contributed by atoms with E-state index >= 15 is 0 Å². The molecule has 14 heavy (non-hydrogen) atoms. The summed E-state index contributed by atoms with van der Waals surface area (Å²) in [5, 5.41) is 12.6. The van der Waals surface area contributed by atoms with Gasteiger partial charge in [-0.1, -0.05) is 0 Å². The highest BCUT2D eigenvalue weighted by atomic mass is 16.3. The fourth-order valence-corrected chi connectivity index (χ4v) is 2.14. The quantitative estimate of drug-likeness (QED) is 0.701. The summed E-state index contributed by atoms with van der Waals surface area (Å²) in [5.74, 6) is 0.743. The molecule has 0 saturated carbocycles. The molecule has 1 rings (SSSR count). The van der Waals surface area contributed by atoms with Gasteiger partial charge in [0.15, 0.2) is 0 Å². The van der Waals surface area contributed by atoms with E-state index in [-0.39, 0.29) is 6.10 Å². The normalized spacial score (nSPS) is 28.7. The fraction of sp³-hybridized carbons (Fsp3) is 1.00. The maximum atomic E-state index is 9.18. The number of nitrogens with zero attached hydrogens (tertiary/aromatic N) is 1. The molecule has 3 nitrogen and oxygen atoms in total. The summed E-state index contributed by atoms with van der Waals surface area (Å²) in [5.41, 5.74) is 0. The Morgan fingerprint density at radius 1 is 1.50 bits per heavy atom. The van der Waals surface area contributed by atoms with Crippen molar-refractivity contribution in [2.24, 2.45) is 5.92 Å². The topological polar surface area (TPSA) is 35.5 Å². The van der Waals surface area contributed by atoms with E-state index in [1.165, 1.54) is 25.9 Å². The monoisotopic (exact) mass is 200 g/mol. The minimum absolute atomic E-state index is 0.237. The van der Waals surface area contributed by atoms with E-state index in [9.17, 15) is 5.11 Å². The molecule has 1 saturated heterocycles. The minimum Gasteiger partial charge on any atom is -0.392 e. The lowest BCUT2D eigenvalue weighted by atomic mass is 9.92. The van der Waals surface area contributed by atoms with Crippen LogP contribution in [0.3, 0.4) is 0 Å². The van der Waals surface area contributed by atoms with E-state index in [0.717, 1.165) is 5.92 Å². The number of aliphatic hydroxyl groups excluding tert-OH is 1. The number of hydrogen-bond acceptors (Lipinski definition) is 3. The van der Waals surface area contributed by atoms with Gasteiger partial charge in [0.1, 0.15) is 0 Å². The summed E-state index contributed by atoms with van der Waals surface area (Å²) in [7, 11) is 2.19. The second-order valence-corrected chi connectivity index (χ2v) is 4.71. The average Bonchev–Trinajstić information content (AvgIpc) is 2.14. The lowest BCUT2D eigenvalue weighted by Gasteiger charge is -2.34. The molecule has 0 aromatic heterocycles. The highest BCUT2D eigenvalue weighted by Gasteiger charge is 2.22. The lowest BCUT2D eigenvalue weighted by Crippen LogP contribution is -2.44. The molecular formula is C11H24N2O. The Morgan fingerprint density at radius 2 is 2.21 bits per heavy atom. The van der Waals surface area contributed by atoms with Crippen LogP contribution in [0.2, 0.25) is 0 Å². The van der Waals surface area contributed by atoms with Gasteiger partial charge in [0, 0.05) is 19.1 Å². The highest BCUT2D eigenvalue weighted by molar-refractivity contribution is 4.79. The Balaban J connectivity index is 2.25. The predicted molar refractivity (Wildman–Crippen MR) is 59.4 cm³/mol. The van der Waals surface area contributed by atoms with Crippen molar-refractivity contribution >= 4 is 0 Å². The van der Waals surface area contributed by atoms with Gasteiger partial charge in [-0.2, -0.15) is 0 Å². The Kier molecular flexibility index (Phi) is 4.85. The molecule has 0 amide bonds. The van der Waals surface area contributed by atoms with E-state index < -0.39 is 0 Å². The van der Waals surface area contributed by atoms with Gasteiger partial charge in [0.2, 0.25) is 0 Å². The van der Waals surface area contributed by atoms with Gasteiger partial charge in [-0.15, -0.1) is 0 Å². The van der Waals surface area contributed by atoms with Crippen molar-refractivity contribution in [3.63, 3.8) is 0 Å². The zero-order valence-corrected chi connectivity index (χ0v) is 9.66. The Morgan fingerprint density at radius 3 is 2.79 bits per heavy atom. The second-order valence-electron chi connectivity index (χ2n) is 4.71. The zero-order chi connectivity index (χ0) is 10.6. The summed E-state index contributed by atoms with van der Waals surface area (Å²) in [6.07, 6.45) is 2.39. The molecule has 0 aromatic carbocycles. The van der Waals surface area contributed by atoms with Crippen molar-refractivity contribution in [3.05, 3.63) is 0 Å². The molecule has 0 spiro atoms. The van der Waals surface area contributed by atoms with Gasteiger partial charge in [-0.3, -0.25) is 0 Å². The molecule has 1 heterocycles. The van der Waals surface area contributed by atoms with Crippen LogP contribution in [0.4, 0.5) is 0 Å². The van der Waals surface area contributed by atoms with Gasteiger partial charge in [0.25, 0.3) is 0 Å². The smallest absolute Gasteiger partial charge is 0.0636 e. The van der Waals surface area contributed by atoms with E-state index in [1.54, 1.807) is 0 Å². The van der Waals surface area contributed by atoms with Crippen molar-refractivity contribution in [3.8, 4) is 0 Å². The average molecular weight is 200 g/mol. The van der Waals surface area contributed by atoms with Crippen LogP contribution in [-0.2, 0) is 0 Å². The standard InChI is InChI=1S/C11H24N2O/c1-9(14)7-12-10(2)11-5-4-6-13(3)8-11/h9-12,14H,4-8H2,1-3H3. The van der Waals surface area contributed by atoms with Crippen molar-refractivity contribution in [1.29, 1.82) is 0 Å². The van der Waals surface area contributed by atoms with E-state index in [1.807, 2.05) is 6.92 Å². The molecular weight excluding hydrogens is 176 g/mol. The van der Waals surface area contributed by atoms with Crippen LogP contribution in [0.25, 0.3) is 0 Å². The van der Waals surface area contributed by atoms with Gasteiger partial charge >= 0.3 is 0 Å². The third-order valence-electron chi connectivity index (χ3n) is 3.10. The maximum Gasteiger partial charge on any atom is 0.0636 e. The van der Waals surface area contributed by atoms with Gasteiger partial charge < -0.3 is 15.3 Å². The molecule has 0 bridgehead atoms. The van der Waals surface area contributed by atoms with Crippen molar-refractivity contribution < 1.29 is 5.11 Å². The molecule has 2 N–H and O–H groups in total. The molecule has 0 aromatic rings. The van der Waals surface area contributed by atoms with Crippen LogP contribution in [0.1, 0.15) is 26.7 Å². The third-order valence-corrected chi connectivity index (χ3v) is 3.10. The molecule has 3 unspecified atom stereocenters. The summed E-state index contributed by atoms with van der Waals surface area (Å²) in [6.45, 7) is 7.19. The molecule has 1 aliphatic rings. The van der Waals surface area contributed by atoms with E-state index in [2.05, 4.69) is 24.2 Å². The number of aliphatic hydroxyl groups is 1. The van der Waals surface area contributed by atoms with E-state index in [0.29, 0.717) is 12.6 Å². The number of piperidine rings is 1. The van der Waals surface area contributed by atoms with Crippen LogP contribution in [-0.4, -0.2) is 48.8 Å². The van der Waals surface area contributed by atoms with Crippen molar-refractivity contribution in [1.82, 2.24) is 10.2 Å². The van der Waals surface area contributed by atoms with Crippen molar-refractivity contribution in [2.45, 2.75) is 38.8 Å². The van der Waals surface area contributed by atoms with Crippen LogP contribution in [0.15, 0.2) is 0 Å². The molecule has 1 aliphatic heterocycles. The Labute approximate surface area is 87.5 Å². The first-order chi connectivity index (χ1) is 6.59. The second kappa shape index (κ2) is 5.69. The number of likely N-dealkylation sites (tertiary alicyclic amines) is 1. The molecule has 3 heteroatoms. The fourth-order valence-electron chi connectivity index (χ4n) is 2.14. The highest BCUT2D eigenvalue weighted by Crippen LogP contribution is 2.18.